The van der Waals surface area contributed by atoms with Crippen LogP contribution in [0.2, 0.25) is 0 Å². The van der Waals surface area contributed by atoms with Crippen molar-refractivity contribution in [2.45, 2.75) is 52.7 Å². The topological polar surface area (TPSA) is 18.5 Å². The molecule has 0 aromatic carbocycles. The maximum Gasteiger partial charge on any atom is 0.242 e. The Bertz CT molecular complexity index is 177. The number of unbranched alkanes of at least 4 members (excludes halogenated alkanes) is 2. The summed E-state index contributed by atoms with van der Waals surface area (Å²) >= 11 is 9.72. The van der Waals surface area contributed by atoms with Crippen molar-refractivity contribution < 1.29 is 9.47 Å². The summed E-state index contributed by atoms with van der Waals surface area (Å²) in [5, 5.41) is 1.01. The van der Waals surface area contributed by atoms with E-state index in [0.717, 1.165) is 12.8 Å². The Morgan fingerprint density at radius 2 is 1.57 bits per heavy atom. The summed E-state index contributed by atoms with van der Waals surface area (Å²) in [6.45, 7) is 5.64. The Morgan fingerprint density at radius 1 is 1.07 bits per heavy atom. The van der Waals surface area contributed by atoms with Gasteiger partial charge < -0.3 is 9.47 Å². The molecule has 0 N–H and O–H groups in total. The summed E-state index contributed by atoms with van der Waals surface area (Å²) in [6, 6.07) is 0. The predicted molar refractivity (Wildman–Crippen MR) is 66.6 cm³/mol. The molecule has 0 aliphatic heterocycles. The minimum absolute atomic E-state index is 0.295. The van der Waals surface area contributed by atoms with Crippen molar-refractivity contribution in [3.63, 3.8) is 0 Å². The first-order chi connectivity index (χ1) is 6.56. The second-order valence-corrected chi connectivity index (χ2v) is 4.29. The molecule has 0 rings (SSSR count). The third-order valence-electron chi connectivity index (χ3n) is 1.64. The maximum atomic E-state index is 5.33. The van der Waals surface area contributed by atoms with Gasteiger partial charge in [0.1, 0.15) is 0 Å². The van der Waals surface area contributed by atoms with Gasteiger partial charge in [0.2, 0.25) is 6.29 Å². The van der Waals surface area contributed by atoms with Gasteiger partial charge in [-0.3, -0.25) is 0 Å². The van der Waals surface area contributed by atoms with Gasteiger partial charge in [-0.1, -0.05) is 19.8 Å². The standard InChI is InChI=1S/C10H18O2S2/c1-4-5-6-7-10(11-8(2)13)12-9(3)14/h10H,4-7H2,1-3H3. The van der Waals surface area contributed by atoms with Gasteiger partial charge in [0.15, 0.2) is 10.1 Å². The summed E-state index contributed by atoms with van der Waals surface area (Å²) in [4.78, 5) is 0. The fraction of sp³-hybridized carbons (Fsp3) is 0.800. The molecule has 82 valence electrons. The quantitative estimate of drug-likeness (QED) is 0.397. The van der Waals surface area contributed by atoms with E-state index in [1.54, 1.807) is 13.8 Å². The van der Waals surface area contributed by atoms with Crippen molar-refractivity contribution in [1.29, 1.82) is 0 Å². The summed E-state index contributed by atoms with van der Waals surface area (Å²) < 4.78 is 10.7. The Hall–Kier alpha value is -0.220. The normalized spacial score (nSPS) is 10.0. The van der Waals surface area contributed by atoms with Crippen LogP contribution in [0.5, 0.6) is 0 Å². The SMILES string of the molecule is CCCCCC(OC(C)=S)OC(C)=S. The van der Waals surface area contributed by atoms with Crippen LogP contribution in [0.4, 0.5) is 0 Å². The molecule has 0 aliphatic rings. The van der Waals surface area contributed by atoms with Gasteiger partial charge >= 0.3 is 0 Å². The van der Waals surface area contributed by atoms with Gasteiger partial charge in [-0.05, 0) is 30.9 Å². The van der Waals surface area contributed by atoms with Crippen LogP contribution in [0.1, 0.15) is 46.5 Å². The monoisotopic (exact) mass is 234 g/mol. The van der Waals surface area contributed by atoms with Gasteiger partial charge in [-0.2, -0.15) is 0 Å². The lowest BCUT2D eigenvalue weighted by atomic mass is 10.2. The van der Waals surface area contributed by atoms with Crippen molar-refractivity contribution in [2.75, 3.05) is 0 Å². The Labute approximate surface area is 97.0 Å². The van der Waals surface area contributed by atoms with Crippen LogP contribution >= 0.6 is 24.4 Å². The summed E-state index contributed by atoms with van der Waals surface area (Å²) in [6.07, 6.45) is 3.98. The van der Waals surface area contributed by atoms with E-state index in [2.05, 4.69) is 6.92 Å². The molecule has 4 heteroatoms. The molecule has 0 fully saturated rings. The van der Waals surface area contributed by atoms with Crippen LogP contribution in [0.25, 0.3) is 0 Å². The highest BCUT2D eigenvalue weighted by Gasteiger charge is 2.11. The third-order valence-corrected chi connectivity index (χ3v) is 1.83. The number of rotatable bonds is 6. The van der Waals surface area contributed by atoms with Crippen molar-refractivity contribution in [1.82, 2.24) is 0 Å². The number of hydrogen-bond acceptors (Lipinski definition) is 4. The first kappa shape index (κ1) is 13.8. The van der Waals surface area contributed by atoms with Crippen molar-refractivity contribution in [3.8, 4) is 0 Å². The molecule has 0 aromatic rings. The second kappa shape index (κ2) is 8.12. The summed E-state index contributed by atoms with van der Waals surface area (Å²) in [5.41, 5.74) is 0. The molecule has 0 unspecified atom stereocenters. The molecular formula is C10H18O2S2. The van der Waals surface area contributed by atoms with E-state index in [4.69, 9.17) is 33.9 Å². The van der Waals surface area contributed by atoms with Gasteiger partial charge in [-0.25, -0.2) is 0 Å². The molecule has 0 heterocycles. The van der Waals surface area contributed by atoms with Crippen LogP contribution in [-0.2, 0) is 9.47 Å². The van der Waals surface area contributed by atoms with E-state index in [-0.39, 0.29) is 6.29 Å². The average molecular weight is 234 g/mol. The smallest absolute Gasteiger partial charge is 0.242 e. The minimum Gasteiger partial charge on any atom is -0.449 e. The summed E-state index contributed by atoms with van der Waals surface area (Å²) in [7, 11) is 0. The van der Waals surface area contributed by atoms with Crippen molar-refractivity contribution in [2.24, 2.45) is 0 Å². The molecule has 0 saturated carbocycles. The zero-order valence-electron chi connectivity index (χ0n) is 9.04. The number of ether oxygens (including phenoxy) is 2. The van der Waals surface area contributed by atoms with E-state index >= 15 is 0 Å². The maximum absolute atomic E-state index is 5.33. The van der Waals surface area contributed by atoms with Crippen LogP contribution in [-0.4, -0.2) is 16.4 Å². The van der Waals surface area contributed by atoms with Gasteiger partial charge in [0.25, 0.3) is 0 Å². The van der Waals surface area contributed by atoms with Crippen molar-refractivity contribution >= 4 is 34.5 Å². The molecule has 0 aromatic heterocycles. The highest BCUT2D eigenvalue weighted by atomic mass is 32.1. The van der Waals surface area contributed by atoms with Crippen LogP contribution < -0.4 is 0 Å². The molecule has 14 heavy (non-hydrogen) atoms. The van der Waals surface area contributed by atoms with Crippen LogP contribution in [0.15, 0.2) is 0 Å². The van der Waals surface area contributed by atoms with E-state index in [1.165, 1.54) is 12.8 Å². The third kappa shape index (κ3) is 8.38. The Morgan fingerprint density at radius 3 is 1.93 bits per heavy atom. The number of hydrogen-bond donors (Lipinski definition) is 0. The van der Waals surface area contributed by atoms with E-state index in [9.17, 15) is 0 Å². The molecule has 0 spiro atoms. The molecule has 0 aliphatic carbocycles. The molecule has 0 radical (unpaired) electrons. The van der Waals surface area contributed by atoms with E-state index in [0.29, 0.717) is 10.1 Å². The van der Waals surface area contributed by atoms with E-state index < -0.39 is 0 Å². The van der Waals surface area contributed by atoms with Crippen LogP contribution in [0, 0.1) is 0 Å². The Kier molecular flexibility index (Phi) is 7.99. The lowest BCUT2D eigenvalue weighted by Gasteiger charge is -2.18. The number of thiocarbonyl (C=S) groups is 2. The fourth-order valence-corrected chi connectivity index (χ4v) is 1.29. The Balaban J connectivity index is 3.84. The summed E-state index contributed by atoms with van der Waals surface area (Å²) in [5.74, 6) is 0. The predicted octanol–water partition coefficient (Wildman–Crippen LogP) is 3.62. The highest BCUT2D eigenvalue weighted by Crippen LogP contribution is 2.09. The van der Waals surface area contributed by atoms with Crippen molar-refractivity contribution in [3.05, 3.63) is 0 Å². The second-order valence-electron chi connectivity index (χ2n) is 3.14. The van der Waals surface area contributed by atoms with E-state index in [1.807, 2.05) is 0 Å². The van der Waals surface area contributed by atoms with Crippen LogP contribution in [0.3, 0.4) is 0 Å². The highest BCUT2D eigenvalue weighted by molar-refractivity contribution is 7.80. The first-order valence-electron chi connectivity index (χ1n) is 4.90. The largest absolute Gasteiger partial charge is 0.449 e. The average Bonchev–Trinajstić information content (AvgIpc) is 2.02. The molecule has 0 bridgehead atoms. The molecular weight excluding hydrogens is 216 g/mol. The van der Waals surface area contributed by atoms with Gasteiger partial charge in [0, 0.05) is 20.3 Å². The minimum atomic E-state index is -0.295. The molecule has 0 atom stereocenters. The first-order valence-corrected chi connectivity index (χ1v) is 5.72. The molecule has 0 saturated heterocycles. The van der Waals surface area contributed by atoms with Gasteiger partial charge in [-0.15, -0.1) is 0 Å². The molecule has 2 nitrogen and oxygen atoms in total. The lowest BCUT2D eigenvalue weighted by molar-refractivity contribution is -0.0185. The zero-order valence-corrected chi connectivity index (χ0v) is 10.7. The van der Waals surface area contributed by atoms with Gasteiger partial charge in [0.05, 0.1) is 0 Å². The fourth-order valence-electron chi connectivity index (χ4n) is 1.07. The zero-order chi connectivity index (χ0) is 11.0. The molecule has 0 amide bonds. The lowest BCUT2D eigenvalue weighted by Crippen LogP contribution is -2.21.